The van der Waals surface area contributed by atoms with Gasteiger partial charge in [-0.25, -0.2) is 8.42 Å². The third-order valence-electron chi connectivity index (χ3n) is 7.31. The minimum Gasteiger partial charge on any atom is -0.335 e. The summed E-state index contributed by atoms with van der Waals surface area (Å²) >= 11 is 0. The van der Waals surface area contributed by atoms with Gasteiger partial charge >= 0.3 is 0 Å². The zero-order valence-electron chi connectivity index (χ0n) is 13.7. The van der Waals surface area contributed by atoms with Crippen LogP contribution in [0, 0.1) is 29.6 Å². The zero-order chi connectivity index (χ0) is 15.8. The molecule has 23 heavy (non-hydrogen) atoms. The van der Waals surface area contributed by atoms with Gasteiger partial charge in [-0.05, 0) is 75.0 Å². The molecule has 4 bridgehead atoms. The first-order chi connectivity index (χ1) is 11.0. The fraction of sp³-hybridized carbons (Fsp3) is 0.944. The summed E-state index contributed by atoms with van der Waals surface area (Å²) in [5.74, 6) is 3.98. The minimum absolute atomic E-state index is 0.0304. The normalized spacial score (nSPS) is 47.0. The number of nitrogens with zero attached hydrogens (tertiary/aromatic N) is 1. The smallest absolute Gasteiger partial charge is 0.226 e. The molecule has 1 saturated heterocycles. The Hall–Kier alpha value is -0.580. The lowest BCUT2D eigenvalue weighted by Crippen LogP contribution is -2.54. The summed E-state index contributed by atoms with van der Waals surface area (Å²) in [6, 6.07) is 0.315. The molecule has 5 heteroatoms. The van der Waals surface area contributed by atoms with Gasteiger partial charge in [0.2, 0.25) is 5.91 Å². The summed E-state index contributed by atoms with van der Waals surface area (Å²) in [7, 11) is -2.92. The van der Waals surface area contributed by atoms with E-state index in [9.17, 15) is 13.2 Å². The molecule has 1 amide bonds. The summed E-state index contributed by atoms with van der Waals surface area (Å²) in [6.45, 7) is 0. The first-order valence-electron chi connectivity index (χ1n) is 9.53. The maximum absolute atomic E-state index is 13.4. The Balaban J connectivity index is 1.40. The third kappa shape index (κ3) is 2.45. The average Bonchev–Trinajstić information content (AvgIpc) is 3.22. The molecule has 0 aromatic rings. The summed E-state index contributed by atoms with van der Waals surface area (Å²) < 4.78 is 23.8. The van der Waals surface area contributed by atoms with Crippen molar-refractivity contribution in [2.45, 2.75) is 63.5 Å². The van der Waals surface area contributed by atoms with Crippen molar-refractivity contribution in [3.8, 4) is 0 Å². The van der Waals surface area contributed by atoms with Crippen molar-refractivity contribution in [2.75, 3.05) is 11.5 Å². The highest BCUT2D eigenvalue weighted by atomic mass is 32.2. The minimum atomic E-state index is -2.92. The Morgan fingerprint density at radius 2 is 1.43 bits per heavy atom. The van der Waals surface area contributed by atoms with Crippen molar-refractivity contribution in [1.82, 2.24) is 4.90 Å². The van der Waals surface area contributed by atoms with Crippen molar-refractivity contribution in [2.24, 2.45) is 29.6 Å². The van der Waals surface area contributed by atoms with Crippen LogP contribution in [0.15, 0.2) is 0 Å². The standard InChI is InChI=1S/C18H27NO3S/c20-18(17-13-6-11-5-12(8-13)9-14(17)7-11)19(15-1-2-15)16-3-4-23(21,22)10-16/h11-17H,1-10H2/t11?,12?,13?,14?,16-,17?/m1/s1. The molecule has 4 nitrogen and oxygen atoms in total. The number of carbonyl (C=O) groups is 1. The van der Waals surface area contributed by atoms with Crippen molar-refractivity contribution in [3.63, 3.8) is 0 Å². The second-order valence-electron chi connectivity index (χ2n) is 8.99. The number of carbonyl (C=O) groups excluding carboxylic acids is 1. The summed E-state index contributed by atoms with van der Waals surface area (Å²) in [5.41, 5.74) is 0. The monoisotopic (exact) mass is 337 g/mol. The van der Waals surface area contributed by atoms with Crippen molar-refractivity contribution in [3.05, 3.63) is 0 Å². The summed E-state index contributed by atoms with van der Waals surface area (Å²) in [4.78, 5) is 15.5. The predicted octanol–water partition coefficient (Wildman–Crippen LogP) is 2.24. The van der Waals surface area contributed by atoms with Crippen LogP contribution in [0.1, 0.15) is 51.4 Å². The highest BCUT2D eigenvalue weighted by molar-refractivity contribution is 7.91. The molecule has 1 atom stereocenters. The van der Waals surface area contributed by atoms with Crippen LogP contribution >= 0.6 is 0 Å². The van der Waals surface area contributed by atoms with Gasteiger partial charge in [-0.3, -0.25) is 4.79 Å². The number of amides is 1. The van der Waals surface area contributed by atoms with Gasteiger partial charge in [-0.2, -0.15) is 0 Å². The molecule has 0 aromatic heterocycles. The van der Waals surface area contributed by atoms with Crippen LogP contribution in [-0.2, 0) is 14.6 Å². The van der Waals surface area contributed by atoms with Crippen LogP contribution in [0.3, 0.4) is 0 Å². The molecule has 0 spiro atoms. The molecule has 0 radical (unpaired) electrons. The van der Waals surface area contributed by atoms with E-state index in [2.05, 4.69) is 4.90 Å². The van der Waals surface area contributed by atoms with Gasteiger partial charge in [-0.15, -0.1) is 0 Å². The molecule has 0 unspecified atom stereocenters. The van der Waals surface area contributed by atoms with E-state index in [1.165, 1.54) is 32.1 Å². The molecule has 1 heterocycles. The van der Waals surface area contributed by atoms with Crippen molar-refractivity contribution >= 4 is 15.7 Å². The van der Waals surface area contributed by atoms with Gasteiger partial charge in [0.15, 0.2) is 9.84 Å². The molecule has 0 aromatic carbocycles. The number of hydrogen-bond acceptors (Lipinski definition) is 3. The number of hydrogen-bond donors (Lipinski definition) is 0. The molecule has 0 N–H and O–H groups in total. The molecule has 5 aliphatic carbocycles. The topological polar surface area (TPSA) is 54.5 Å². The van der Waals surface area contributed by atoms with Crippen molar-refractivity contribution in [1.29, 1.82) is 0 Å². The molecule has 6 rings (SSSR count). The fourth-order valence-corrected chi connectivity index (χ4v) is 8.22. The molecule has 5 saturated carbocycles. The molecular formula is C18H27NO3S. The zero-order valence-corrected chi connectivity index (χ0v) is 14.5. The van der Waals surface area contributed by atoms with E-state index in [1.807, 2.05) is 0 Å². The van der Waals surface area contributed by atoms with E-state index in [-0.39, 0.29) is 23.5 Å². The highest BCUT2D eigenvalue weighted by Crippen LogP contribution is 2.57. The Bertz CT molecular complexity index is 596. The lowest BCUT2D eigenvalue weighted by Gasteiger charge is -2.54. The van der Waals surface area contributed by atoms with E-state index >= 15 is 0 Å². The molecule has 6 fully saturated rings. The summed E-state index contributed by atoms with van der Waals surface area (Å²) in [6.07, 6.45) is 9.25. The molecule has 128 valence electrons. The summed E-state index contributed by atoms with van der Waals surface area (Å²) in [5, 5.41) is 0. The van der Waals surface area contributed by atoms with Crippen LogP contribution in [0.25, 0.3) is 0 Å². The van der Waals surface area contributed by atoms with Gasteiger partial charge in [0.25, 0.3) is 0 Å². The van der Waals surface area contributed by atoms with Crippen LogP contribution in [0.5, 0.6) is 0 Å². The lowest BCUT2D eigenvalue weighted by molar-refractivity contribution is -0.151. The molecular weight excluding hydrogens is 310 g/mol. The Morgan fingerprint density at radius 3 is 1.91 bits per heavy atom. The molecule has 6 aliphatic rings. The molecule has 1 aliphatic heterocycles. The number of rotatable bonds is 3. The third-order valence-corrected chi connectivity index (χ3v) is 9.06. The van der Waals surface area contributed by atoms with Gasteiger partial charge in [0, 0.05) is 18.0 Å². The highest BCUT2D eigenvalue weighted by Gasteiger charge is 2.54. The van der Waals surface area contributed by atoms with E-state index in [1.54, 1.807) is 0 Å². The second kappa shape index (κ2) is 4.96. The van der Waals surface area contributed by atoms with Crippen LogP contribution in [0.2, 0.25) is 0 Å². The lowest BCUT2D eigenvalue weighted by atomic mass is 9.51. The van der Waals surface area contributed by atoms with Gasteiger partial charge < -0.3 is 4.90 Å². The van der Waals surface area contributed by atoms with E-state index < -0.39 is 9.84 Å². The first kappa shape index (κ1) is 14.7. The Kier molecular flexibility index (Phi) is 3.18. The van der Waals surface area contributed by atoms with Crippen molar-refractivity contribution < 1.29 is 13.2 Å². The number of sulfone groups is 1. The average molecular weight is 337 g/mol. The SMILES string of the molecule is O=C(C1C2CC3CC(C2)CC1C3)N(C1CC1)[C@@H]1CCS(=O)(=O)C1. The van der Waals surface area contributed by atoms with E-state index in [0.717, 1.165) is 24.7 Å². The van der Waals surface area contributed by atoms with Crippen LogP contribution in [0.4, 0.5) is 0 Å². The van der Waals surface area contributed by atoms with E-state index in [0.29, 0.717) is 30.2 Å². The fourth-order valence-electron chi connectivity index (χ4n) is 6.51. The maximum Gasteiger partial charge on any atom is 0.226 e. The van der Waals surface area contributed by atoms with Crippen LogP contribution in [-0.4, -0.2) is 42.8 Å². The quantitative estimate of drug-likeness (QED) is 0.793. The largest absolute Gasteiger partial charge is 0.335 e. The predicted molar refractivity (Wildman–Crippen MR) is 87.5 cm³/mol. The maximum atomic E-state index is 13.4. The van der Waals surface area contributed by atoms with Gasteiger partial charge in [0.1, 0.15) is 0 Å². The van der Waals surface area contributed by atoms with Gasteiger partial charge in [0.05, 0.1) is 11.5 Å². The Morgan fingerprint density at radius 1 is 0.826 bits per heavy atom. The second-order valence-corrected chi connectivity index (χ2v) is 11.2. The Labute approximate surface area is 138 Å². The first-order valence-corrected chi connectivity index (χ1v) is 11.3. The van der Waals surface area contributed by atoms with E-state index in [4.69, 9.17) is 0 Å². The van der Waals surface area contributed by atoms with Gasteiger partial charge in [-0.1, -0.05) is 0 Å². The van der Waals surface area contributed by atoms with Crippen LogP contribution < -0.4 is 0 Å².